The van der Waals surface area contributed by atoms with E-state index >= 15 is 0 Å². The largest absolute Gasteiger partial charge is 0.459 e. The second-order valence-electron chi connectivity index (χ2n) is 4.08. The summed E-state index contributed by atoms with van der Waals surface area (Å²) in [5.74, 6) is 0.0926. The Bertz CT molecular complexity index is 548. The number of carbonyl (C=O) groups excluding carboxylic acids is 2. The van der Waals surface area contributed by atoms with Gasteiger partial charge in [-0.05, 0) is 6.07 Å². The molecule has 1 saturated heterocycles. The van der Waals surface area contributed by atoms with Crippen LogP contribution >= 0.6 is 11.8 Å². The van der Waals surface area contributed by atoms with Gasteiger partial charge in [0, 0.05) is 18.4 Å². The zero-order valence-electron chi connectivity index (χ0n) is 10.5. The van der Waals surface area contributed by atoms with E-state index < -0.39 is 10.9 Å². The highest BCUT2D eigenvalue weighted by Gasteiger charge is 2.24. The highest BCUT2D eigenvalue weighted by molar-refractivity contribution is 8.13. The Balaban J connectivity index is 1.90. The molecule has 7 nitrogen and oxygen atoms in total. The molecular formula is C12H12N2O5S. The molecule has 1 fully saturated rings. The lowest BCUT2D eigenvalue weighted by atomic mass is 10.2. The molecule has 0 aliphatic carbocycles. The first-order chi connectivity index (χ1) is 9.58. The molecule has 0 aromatic heterocycles. The van der Waals surface area contributed by atoms with Gasteiger partial charge >= 0.3 is 5.97 Å². The minimum Gasteiger partial charge on any atom is -0.459 e. The fourth-order valence-electron chi connectivity index (χ4n) is 1.74. The average molecular weight is 296 g/mol. The standard InChI is InChI=1S/C12H12N2O5S/c15-11(7-13-5-6-20-12(13)16)19-8-9-3-1-2-4-10(9)14(17)18/h1-4H,5-8H2. The molecule has 20 heavy (non-hydrogen) atoms. The number of carbonyl (C=O) groups is 2. The van der Waals surface area contributed by atoms with Gasteiger partial charge in [0.05, 0.1) is 10.5 Å². The second kappa shape index (κ2) is 6.38. The SMILES string of the molecule is O=C(CN1CCSC1=O)OCc1ccccc1[N+](=O)[O-]. The third-order valence-electron chi connectivity index (χ3n) is 2.74. The molecule has 1 aliphatic heterocycles. The zero-order chi connectivity index (χ0) is 14.5. The Kier molecular flexibility index (Phi) is 4.57. The van der Waals surface area contributed by atoms with Crippen LogP contribution in [0, 0.1) is 10.1 Å². The number of hydrogen-bond donors (Lipinski definition) is 0. The molecule has 1 amide bonds. The summed E-state index contributed by atoms with van der Waals surface area (Å²) < 4.78 is 4.98. The molecule has 0 unspecified atom stereocenters. The van der Waals surface area contributed by atoms with E-state index in [9.17, 15) is 19.7 Å². The minimum absolute atomic E-state index is 0.0897. The van der Waals surface area contributed by atoms with E-state index in [4.69, 9.17) is 4.74 Å². The molecule has 0 bridgehead atoms. The van der Waals surface area contributed by atoms with Crippen LogP contribution in [-0.2, 0) is 16.1 Å². The van der Waals surface area contributed by atoms with E-state index in [1.165, 1.54) is 17.0 Å². The maximum Gasteiger partial charge on any atom is 0.326 e. The van der Waals surface area contributed by atoms with Gasteiger partial charge in [-0.2, -0.15) is 0 Å². The predicted molar refractivity (Wildman–Crippen MR) is 72.3 cm³/mol. The van der Waals surface area contributed by atoms with Gasteiger partial charge < -0.3 is 9.64 Å². The van der Waals surface area contributed by atoms with E-state index in [-0.39, 0.29) is 24.1 Å². The van der Waals surface area contributed by atoms with Crippen molar-refractivity contribution < 1.29 is 19.2 Å². The minimum atomic E-state index is -0.570. The molecule has 0 saturated carbocycles. The summed E-state index contributed by atoms with van der Waals surface area (Å²) in [5.41, 5.74) is 0.237. The maximum atomic E-state index is 11.6. The first kappa shape index (κ1) is 14.3. The summed E-state index contributed by atoms with van der Waals surface area (Å²) >= 11 is 1.16. The van der Waals surface area contributed by atoms with Crippen molar-refractivity contribution in [1.82, 2.24) is 4.90 Å². The van der Waals surface area contributed by atoms with Gasteiger partial charge in [0.15, 0.2) is 0 Å². The summed E-state index contributed by atoms with van der Waals surface area (Å²) in [6.07, 6.45) is 0. The van der Waals surface area contributed by atoms with Crippen LogP contribution in [0.15, 0.2) is 24.3 Å². The molecule has 8 heteroatoms. The number of hydrogen-bond acceptors (Lipinski definition) is 6. The predicted octanol–water partition coefficient (Wildman–Crippen LogP) is 1.81. The summed E-state index contributed by atoms with van der Waals surface area (Å²) in [6, 6.07) is 6.06. The molecule has 1 aromatic rings. The molecule has 0 spiro atoms. The lowest BCUT2D eigenvalue weighted by molar-refractivity contribution is -0.385. The quantitative estimate of drug-likeness (QED) is 0.467. The fourth-order valence-corrected chi connectivity index (χ4v) is 2.56. The van der Waals surface area contributed by atoms with Crippen LogP contribution in [-0.4, -0.2) is 39.9 Å². The van der Waals surface area contributed by atoms with Crippen molar-refractivity contribution in [3.05, 3.63) is 39.9 Å². The van der Waals surface area contributed by atoms with Crippen molar-refractivity contribution in [2.24, 2.45) is 0 Å². The highest BCUT2D eigenvalue weighted by Crippen LogP contribution is 2.19. The number of nitro benzene ring substituents is 1. The fraction of sp³-hybridized carbons (Fsp3) is 0.333. The summed E-state index contributed by atoms with van der Waals surface area (Å²) in [5, 5.41) is 10.7. The summed E-state index contributed by atoms with van der Waals surface area (Å²) in [6.45, 7) is 0.224. The van der Waals surface area contributed by atoms with Crippen molar-refractivity contribution >= 4 is 28.7 Å². The van der Waals surface area contributed by atoms with E-state index in [0.29, 0.717) is 17.9 Å². The van der Waals surface area contributed by atoms with Crippen LogP contribution in [0.3, 0.4) is 0 Å². The van der Waals surface area contributed by atoms with Gasteiger partial charge in [-0.15, -0.1) is 0 Å². The van der Waals surface area contributed by atoms with Gasteiger partial charge in [-0.1, -0.05) is 23.9 Å². The molecule has 1 aromatic carbocycles. The molecule has 0 radical (unpaired) electrons. The highest BCUT2D eigenvalue weighted by atomic mass is 32.2. The molecule has 106 valence electrons. The molecule has 0 N–H and O–H groups in total. The van der Waals surface area contributed by atoms with E-state index in [0.717, 1.165) is 11.8 Å². The molecule has 1 heterocycles. The number of amides is 1. The number of benzene rings is 1. The van der Waals surface area contributed by atoms with E-state index in [1.807, 2.05) is 0 Å². The molecule has 1 aliphatic rings. The van der Waals surface area contributed by atoms with Gasteiger partial charge in [0.25, 0.3) is 10.9 Å². The summed E-state index contributed by atoms with van der Waals surface area (Å²) in [4.78, 5) is 34.6. The normalized spacial score (nSPS) is 14.4. The number of nitrogens with zero attached hydrogens (tertiary/aromatic N) is 2. The van der Waals surface area contributed by atoms with E-state index in [2.05, 4.69) is 0 Å². The van der Waals surface area contributed by atoms with Crippen LogP contribution in [0.4, 0.5) is 10.5 Å². The number of para-hydroxylation sites is 1. The van der Waals surface area contributed by atoms with Crippen molar-refractivity contribution in [2.75, 3.05) is 18.8 Å². The number of thioether (sulfide) groups is 1. The Labute approximate surface area is 119 Å². The number of nitro groups is 1. The third kappa shape index (κ3) is 3.47. The molecule has 2 rings (SSSR count). The Morgan fingerprint density at radius 1 is 1.45 bits per heavy atom. The van der Waals surface area contributed by atoms with Crippen molar-refractivity contribution in [1.29, 1.82) is 0 Å². The van der Waals surface area contributed by atoms with Crippen LogP contribution in [0.2, 0.25) is 0 Å². The lowest BCUT2D eigenvalue weighted by Gasteiger charge is -2.13. The monoisotopic (exact) mass is 296 g/mol. The number of ether oxygens (including phenoxy) is 1. The van der Waals surface area contributed by atoms with Crippen LogP contribution < -0.4 is 0 Å². The van der Waals surface area contributed by atoms with Crippen LogP contribution in [0.1, 0.15) is 5.56 Å². The van der Waals surface area contributed by atoms with Crippen LogP contribution in [0.25, 0.3) is 0 Å². The first-order valence-electron chi connectivity index (χ1n) is 5.87. The number of rotatable bonds is 5. The van der Waals surface area contributed by atoms with Crippen LogP contribution in [0.5, 0.6) is 0 Å². The molecular weight excluding hydrogens is 284 g/mol. The van der Waals surface area contributed by atoms with E-state index in [1.54, 1.807) is 12.1 Å². The Hall–Kier alpha value is -2.09. The smallest absolute Gasteiger partial charge is 0.326 e. The van der Waals surface area contributed by atoms with Crippen molar-refractivity contribution in [3.8, 4) is 0 Å². The van der Waals surface area contributed by atoms with Gasteiger partial charge in [0.2, 0.25) is 0 Å². The van der Waals surface area contributed by atoms with Crippen molar-refractivity contribution in [2.45, 2.75) is 6.61 Å². The molecule has 0 atom stereocenters. The first-order valence-corrected chi connectivity index (χ1v) is 6.86. The maximum absolute atomic E-state index is 11.6. The Morgan fingerprint density at radius 2 is 2.20 bits per heavy atom. The van der Waals surface area contributed by atoms with Crippen molar-refractivity contribution in [3.63, 3.8) is 0 Å². The van der Waals surface area contributed by atoms with Gasteiger partial charge in [-0.3, -0.25) is 19.7 Å². The third-order valence-corrected chi connectivity index (χ3v) is 3.63. The van der Waals surface area contributed by atoms with Gasteiger partial charge in [0.1, 0.15) is 13.2 Å². The second-order valence-corrected chi connectivity index (χ2v) is 5.13. The summed E-state index contributed by atoms with van der Waals surface area (Å²) in [7, 11) is 0. The number of esters is 1. The lowest BCUT2D eigenvalue weighted by Crippen LogP contribution is -2.30. The van der Waals surface area contributed by atoms with Gasteiger partial charge in [-0.25, -0.2) is 0 Å². The zero-order valence-corrected chi connectivity index (χ0v) is 11.3. The topological polar surface area (TPSA) is 89.8 Å². The Morgan fingerprint density at radius 3 is 2.85 bits per heavy atom. The average Bonchev–Trinajstić information content (AvgIpc) is 2.82.